The average Bonchev–Trinajstić information content (AvgIpc) is 2.75. The van der Waals surface area contributed by atoms with Gasteiger partial charge < -0.3 is 21.1 Å². The molecular weight excluding hydrogens is 426 g/mol. The third kappa shape index (κ3) is 11.1. The number of carboxylic acids is 1. The Hall–Kier alpha value is -3.49. The second-order valence-electron chi connectivity index (χ2n) is 8.32. The Morgan fingerprint density at radius 1 is 0.939 bits per heavy atom. The Bertz CT molecular complexity index is 866. The molecule has 0 heterocycles. The van der Waals surface area contributed by atoms with Crippen LogP contribution in [0.1, 0.15) is 45.6 Å². The number of amides is 3. The van der Waals surface area contributed by atoms with Gasteiger partial charge in [-0.05, 0) is 30.4 Å². The van der Waals surface area contributed by atoms with E-state index in [1.54, 1.807) is 19.1 Å². The van der Waals surface area contributed by atoms with E-state index in [1.807, 2.05) is 32.0 Å². The number of allylic oxidation sites excluding steroid dienone is 1. The number of nitrogens with one attached hydrogen (secondary N) is 3. The summed E-state index contributed by atoms with van der Waals surface area (Å²) in [5.41, 5.74) is 1.15. The number of carboxylic acid groups (broad SMARTS) is 1. The van der Waals surface area contributed by atoms with Crippen molar-refractivity contribution in [2.45, 2.75) is 58.5 Å². The first kappa shape index (κ1) is 27.5. The fourth-order valence-corrected chi connectivity index (χ4v) is 3.03. The maximum Gasteiger partial charge on any atom is 0.322 e. The number of Topliss-reactive ketones (excluding diaryl/α,β-unsaturated/α-hetero) is 1. The van der Waals surface area contributed by atoms with Crippen LogP contribution >= 0.6 is 0 Å². The number of carbonyl (C=O) groups is 5. The molecule has 0 saturated heterocycles. The summed E-state index contributed by atoms with van der Waals surface area (Å²) in [6.45, 7) is 8.29. The Labute approximate surface area is 194 Å². The van der Waals surface area contributed by atoms with Crippen LogP contribution in [0.5, 0.6) is 0 Å². The SMILES string of the molecule is C=C(C)C(=O)CCC(=O)NC(Cc1ccccc1)C(=O)NC(CC(C)C)C(=O)NCC(=O)O. The van der Waals surface area contributed by atoms with E-state index < -0.39 is 42.3 Å². The highest BCUT2D eigenvalue weighted by atomic mass is 16.4. The van der Waals surface area contributed by atoms with Crippen molar-refractivity contribution < 1.29 is 29.1 Å². The van der Waals surface area contributed by atoms with E-state index in [4.69, 9.17) is 5.11 Å². The van der Waals surface area contributed by atoms with Crippen molar-refractivity contribution in [1.82, 2.24) is 16.0 Å². The van der Waals surface area contributed by atoms with Crippen LogP contribution in [0, 0.1) is 5.92 Å². The normalized spacial score (nSPS) is 12.4. The number of benzene rings is 1. The third-order valence-electron chi connectivity index (χ3n) is 4.74. The van der Waals surface area contributed by atoms with Crippen molar-refractivity contribution >= 4 is 29.5 Å². The molecule has 0 aliphatic heterocycles. The first-order valence-corrected chi connectivity index (χ1v) is 10.8. The molecule has 180 valence electrons. The van der Waals surface area contributed by atoms with E-state index in [0.29, 0.717) is 5.57 Å². The monoisotopic (exact) mass is 459 g/mol. The van der Waals surface area contributed by atoms with Gasteiger partial charge in [0.2, 0.25) is 17.7 Å². The minimum Gasteiger partial charge on any atom is -0.480 e. The molecule has 9 heteroatoms. The van der Waals surface area contributed by atoms with Crippen LogP contribution in [0.25, 0.3) is 0 Å². The van der Waals surface area contributed by atoms with Crippen LogP contribution in [0.2, 0.25) is 0 Å². The third-order valence-corrected chi connectivity index (χ3v) is 4.74. The molecule has 0 aliphatic carbocycles. The Morgan fingerprint density at radius 3 is 2.12 bits per heavy atom. The van der Waals surface area contributed by atoms with E-state index in [9.17, 15) is 24.0 Å². The predicted octanol–water partition coefficient (Wildman–Crippen LogP) is 1.37. The van der Waals surface area contributed by atoms with E-state index in [2.05, 4.69) is 22.5 Å². The van der Waals surface area contributed by atoms with Gasteiger partial charge in [0.1, 0.15) is 18.6 Å². The number of hydrogen-bond donors (Lipinski definition) is 4. The van der Waals surface area contributed by atoms with Crippen LogP contribution in [-0.4, -0.2) is 53.2 Å². The molecular formula is C24H33N3O6. The molecule has 0 aliphatic rings. The van der Waals surface area contributed by atoms with Crippen LogP contribution in [-0.2, 0) is 30.4 Å². The van der Waals surface area contributed by atoms with Gasteiger partial charge in [0.25, 0.3) is 0 Å². The summed E-state index contributed by atoms with van der Waals surface area (Å²) in [5, 5.41) is 16.4. The van der Waals surface area contributed by atoms with E-state index in [1.165, 1.54) is 0 Å². The fourth-order valence-electron chi connectivity index (χ4n) is 3.03. The van der Waals surface area contributed by atoms with Crippen molar-refractivity contribution in [3.63, 3.8) is 0 Å². The maximum absolute atomic E-state index is 13.1. The standard InChI is InChI=1S/C24H33N3O6/c1-15(2)12-18(23(32)25-14-22(30)31)27-24(33)19(13-17-8-6-5-7-9-17)26-21(29)11-10-20(28)16(3)4/h5-9,15,18-19H,3,10-14H2,1-2,4H3,(H,25,32)(H,26,29)(H,27,33)(H,30,31). The smallest absolute Gasteiger partial charge is 0.322 e. The van der Waals surface area contributed by atoms with E-state index in [-0.39, 0.29) is 37.4 Å². The molecule has 1 rings (SSSR count). The van der Waals surface area contributed by atoms with Crippen molar-refractivity contribution in [3.8, 4) is 0 Å². The number of rotatable bonds is 14. The lowest BCUT2D eigenvalue weighted by Crippen LogP contribution is -2.55. The number of carbonyl (C=O) groups excluding carboxylic acids is 4. The summed E-state index contributed by atoms with van der Waals surface area (Å²) in [5.74, 6) is -3.05. The molecule has 0 bridgehead atoms. The summed E-state index contributed by atoms with van der Waals surface area (Å²) in [7, 11) is 0. The summed E-state index contributed by atoms with van der Waals surface area (Å²) in [6.07, 6.45) is 0.349. The van der Waals surface area contributed by atoms with E-state index >= 15 is 0 Å². The Balaban J connectivity index is 2.96. The van der Waals surface area contributed by atoms with Crippen LogP contribution in [0.4, 0.5) is 0 Å². The van der Waals surface area contributed by atoms with Crippen molar-refractivity contribution in [3.05, 3.63) is 48.0 Å². The highest BCUT2D eigenvalue weighted by Gasteiger charge is 2.28. The van der Waals surface area contributed by atoms with Gasteiger partial charge in [-0.15, -0.1) is 0 Å². The average molecular weight is 460 g/mol. The highest BCUT2D eigenvalue weighted by Crippen LogP contribution is 2.09. The lowest BCUT2D eigenvalue weighted by Gasteiger charge is -2.24. The summed E-state index contributed by atoms with van der Waals surface area (Å²) < 4.78 is 0. The molecule has 9 nitrogen and oxygen atoms in total. The first-order valence-electron chi connectivity index (χ1n) is 10.8. The van der Waals surface area contributed by atoms with E-state index in [0.717, 1.165) is 5.56 Å². The topological polar surface area (TPSA) is 142 Å². The molecule has 0 saturated carbocycles. The largest absolute Gasteiger partial charge is 0.480 e. The first-order chi connectivity index (χ1) is 15.5. The second kappa shape index (κ2) is 13.8. The zero-order valence-electron chi connectivity index (χ0n) is 19.3. The second-order valence-corrected chi connectivity index (χ2v) is 8.32. The number of hydrogen-bond acceptors (Lipinski definition) is 5. The van der Waals surface area contributed by atoms with Crippen LogP contribution in [0.3, 0.4) is 0 Å². The molecule has 33 heavy (non-hydrogen) atoms. The molecule has 0 aromatic heterocycles. The molecule has 1 aromatic carbocycles. The van der Waals surface area contributed by atoms with Gasteiger partial charge in [0.05, 0.1) is 0 Å². The zero-order valence-corrected chi connectivity index (χ0v) is 19.3. The summed E-state index contributed by atoms with van der Waals surface area (Å²) in [4.78, 5) is 60.5. The number of ketones is 1. The lowest BCUT2D eigenvalue weighted by atomic mass is 10.0. The zero-order chi connectivity index (χ0) is 25.0. The minimum atomic E-state index is -1.20. The summed E-state index contributed by atoms with van der Waals surface area (Å²) in [6, 6.07) is 7.10. The summed E-state index contributed by atoms with van der Waals surface area (Å²) >= 11 is 0. The van der Waals surface area contributed by atoms with Crippen LogP contribution in [0.15, 0.2) is 42.5 Å². The lowest BCUT2D eigenvalue weighted by molar-refractivity contribution is -0.138. The molecule has 3 amide bonds. The van der Waals surface area contributed by atoms with Gasteiger partial charge >= 0.3 is 5.97 Å². The molecule has 2 unspecified atom stereocenters. The quantitative estimate of drug-likeness (QED) is 0.310. The van der Waals surface area contributed by atoms with Crippen molar-refractivity contribution in [2.24, 2.45) is 5.92 Å². The number of aliphatic carboxylic acids is 1. The molecule has 1 aromatic rings. The van der Waals surface area contributed by atoms with Crippen molar-refractivity contribution in [2.75, 3.05) is 6.54 Å². The van der Waals surface area contributed by atoms with Crippen molar-refractivity contribution in [1.29, 1.82) is 0 Å². The molecule has 4 N–H and O–H groups in total. The van der Waals surface area contributed by atoms with Gasteiger partial charge in [-0.1, -0.05) is 50.8 Å². The molecule has 0 spiro atoms. The Morgan fingerprint density at radius 2 is 1.58 bits per heavy atom. The highest BCUT2D eigenvalue weighted by molar-refractivity contribution is 5.97. The van der Waals surface area contributed by atoms with Gasteiger partial charge in [-0.2, -0.15) is 0 Å². The molecule has 0 fully saturated rings. The Kier molecular flexibility index (Phi) is 11.5. The minimum absolute atomic E-state index is 0.0194. The van der Waals surface area contributed by atoms with Gasteiger partial charge in [0, 0.05) is 19.3 Å². The van der Waals surface area contributed by atoms with Gasteiger partial charge in [-0.25, -0.2) is 0 Å². The molecule has 0 radical (unpaired) electrons. The predicted molar refractivity (Wildman–Crippen MR) is 123 cm³/mol. The van der Waals surface area contributed by atoms with Gasteiger partial charge in [-0.3, -0.25) is 24.0 Å². The molecule has 2 atom stereocenters. The maximum atomic E-state index is 13.1. The fraction of sp³-hybridized carbons (Fsp3) is 0.458. The van der Waals surface area contributed by atoms with Crippen LogP contribution < -0.4 is 16.0 Å². The van der Waals surface area contributed by atoms with Gasteiger partial charge in [0.15, 0.2) is 5.78 Å².